The van der Waals surface area contributed by atoms with E-state index >= 15 is 0 Å². The van der Waals surface area contributed by atoms with Gasteiger partial charge in [0.2, 0.25) is 11.8 Å². The Balaban J connectivity index is 1.51. The highest BCUT2D eigenvalue weighted by atomic mass is 16.5. The summed E-state index contributed by atoms with van der Waals surface area (Å²) in [5, 5.41) is 9.92. The quantitative estimate of drug-likeness (QED) is 0.811. The zero-order chi connectivity index (χ0) is 12.6. The average Bonchev–Trinajstić information content (AvgIpc) is 2.89. The number of hydrogen-bond donors (Lipinski definition) is 2. The Labute approximate surface area is 106 Å². The highest BCUT2D eigenvalue weighted by Crippen LogP contribution is 2.58. The van der Waals surface area contributed by atoms with Crippen molar-refractivity contribution < 1.29 is 9.32 Å². The minimum atomic E-state index is 0.132. The minimum absolute atomic E-state index is 0.132. The molecule has 1 unspecified atom stereocenters. The van der Waals surface area contributed by atoms with Gasteiger partial charge in [-0.3, -0.25) is 4.79 Å². The molecule has 1 atom stereocenters. The van der Waals surface area contributed by atoms with Gasteiger partial charge in [-0.05, 0) is 44.7 Å². The van der Waals surface area contributed by atoms with E-state index in [1.807, 2.05) is 0 Å². The number of carbonyl (C=O) groups excluding carboxylic acids is 1. The second-order valence-electron chi connectivity index (χ2n) is 5.32. The molecule has 1 spiro atoms. The van der Waals surface area contributed by atoms with Crippen molar-refractivity contribution in [3.05, 3.63) is 11.7 Å². The van der Waals surface area contributed by atoms with E-state index in [9.17, 15) is 4.79 Å². The second-order valence-corrected chi connectivity index (χ2v) is 5.32. The fraction of sp³-hybridized carbons (Fsp3) is 0.750. The van der Waals surface area contributed by atoms with Gasteiger partial charge in [0.15, 0.2) is 5.82 Å². The van der Waals surface area contributed by atoms with E-state index in [2.05, 4.69) is 20.8 Å². The summed E-state index contributed by atoms with van der Waals surface area (Å²) >= 11 is 0. The van der Waals surface area contributed by atoms with Gasteiger partial charge in [0.25, 0.3) is 0 Å². The van der Waals surface area contributed by atoms with Crippen LogP contribution in [0.3, 0.4) is 0 Å². The molecule has 1 saturated carbocycles. The highest BCUT2D eigenvalue weighted by Gasteiger charge is 2.57. The van der Waals surface area contributed by atoms with Crippen molar-refractivity contribution in [1.82, 2.24) is 20.8 Å². The van der Waals surface area contributed by atoms with Crippen molar-refractivity contribution in [3.63, 3.8) is 0 Å². The molecule has 1 aliphatic heterocycles. The molecule has 1 aromatic heterocycles. The molecule has 2 N–H and O–H groups in total. The molecule has 98 valence electrons. The number of aromatic nitrogens is 2. The smallest absolute Gasteiger partial charge is 0.246 e. The molecule has 6 nitrogen and oxygen atoms in total. The molecule has 3 rings (SSSR count). The van der Waals surface area contributed by atoms with Gasteiger partial charge in [-0.15, -0.1) is 0 Å². The molecule has 1 aliphatic carbocycles. The number of piperidine rings is 1. The third kappa shape index (κ3) is 2.12. The highest BCUT2D eigenvalue weighted by molar-refractivity contribution is 5.82. The minimum Gasteiger partial charge on any atom is -0.347 e. The van der Waals surface area contributed by atoms with Crippen LogP contribution in [-0.2, 0) is 11.3 Å². The summed E-state index contributed by atoms with van der Waals surface area (Å²) in [6.45, 7) is 4.17. The Morgan fingerprint density at radius 1 is 1.56 bits per heavy atom. The van der Waals surface area contributed by atoms with Crippen LogP contribution in [0.15, 0.2) is 4.52 Å². The van der Waals surface area contributed by atoms with E-state index in [0.29, 0.717) is 18.3 Å². The molecule has 18 heavy (non-hydrogen) atoms. The van der Waals surface area contributed by atoms with Crippen LogP contribution in [0, 0.1) is 18.3 Å². The molecule has 6 heteroatoms. The summed E-state index contributed by atoms with van der Waals surface area (Å²) < 4.78 is 4.97. The summed E-state index contributed by atoms with van der Waals surface area (Å²) in [5.41, 5.74) is 0.278. The molecule has 2 heterocycles. The van der Waals surface area contributed by atoms with Crippen LogP contribution >= 0.6 is 0 Å². The fourth-order valence-corrected chi connectivity index (χ4v) is 2.89. The normalized spacial score (nSPS) is 25.1. The van der Waals surface area contributed by atoms with E-state index in [-0.39, 0.29) is 17.2 Å². The molecular weight excluding hydrogens is 232 g/mol. The first-order valence-corrected chi connectivity index (χ1v) is 6.47. The second kappa shape index (κ2) is 4.35. The molecule has 0 radical (unpaired) electrons. The van der Waals surface area contributed by atoms with Gasteiger partial charge in [0.1, 0.15) is 0 Å². The Kier molecular flexibility index (Phi) is 2.81. The van der Waals surface area contributed by atoms with Crippen LogP contribution in [0.2, 0.25) is 0 Å². The van der Waals surface area contributed by atoms with Gasteiger partial charge in [0, 0.05) is 5.92 Å². The molecule has 0 aromatic carbocycles. The van der Waals surface area contributed by atoms with Crippen molar-refractivity contribution in [3.8, 4) is 0 Å². The van der Waals surface area contributed by atoms with Crippen LogP contribution in [0.25, 0.3) is 0 Å². The summed E-state index contributed by atoms with van der Waals surface area (Å²) in [5.74, 6) is 1.39. The number of nitrogens with one attached hydrogen (secondary N) is 2. The van der Waals surface area contributed by atoms with Gasteiger partial charge in [-0.25, -0.2) is 0 Å². The first-order valence-electron chi connectivity index (χ1n) is 6.47. The molecule has 1 aromatic rings. The van der Waals surface area contributed by atoms with Crippen molar-refractivity contribution in [2.45, 2.75) is 32.7 Å². The van der Waals surface area contributed by atoms with Crippen molar-refractivity contribution in [1.29, 1.82) is 0 Å². The van der Waals surface area contributed by atoms with Crippen LogP contribution in [0.4, 0.5) is 0 Å². The Bertz CT molecular complexity index is 451. The van der Waals surface area contributed by atoms with E-state index in [1.165, 1.54) is 0 Å². The fourth-order valence-electron chi connectivity index (χ4n) is 2.89. The lowest BCUT2D eigenvalue weighted by Crippen LogP contribution is -2.33. The summed E-state index contributed by atoms with van der Waals surface area (Å²) in [6, 6.07) is 0. The van der Waals surface area contributed by atoms with Gasteiger partial charge >= 0.3 is 0 Å². The van der Waals surface area contributed by atoms with Gasteiger partial charge in [-0.1, -0.05) is 5.16 Å². The molecule has 1 saturated heterocycles. The molecule has 1 amide bonds. The predicted molar refractivity (Wildman–Crippen MR) is 63.5 cm³/mol. The third-order valence-electron chi connectivity index (χ3n) is 4.09. The maximum Gasteiger partial charge on any atom is 0.246 e. The van der Waals surface area contributed by atoms with Crippen LogP contribution in [0.1, 0.15) is 31.0 Å². The first kappa shape index (κ1) is 11.6. The van der Waals surface area contributed by atoms with Crippen LogP contribution < -0.4 is 10.6 Å². The van der Waals surface area contributed by atoms with E-state index in [4.69, 9.17) is 4.52 Å². The van der Waals surface area contributed by atoms with Gasteiger partial charge in [0.05, 0.1) is 6.54 Å². The summed E-state index contributed by atoms with van der Waals surface area (Å²) in [4.78, 5) is 16.1. The number of carbonyl (C=O) groups is 1. The Morgan fingerprint density at radius 2 is 2.33 bits per heavy atom. The molecule has 0 bridgehead atoms. The molecule has 2 aliphatic rings. The van der Waals surface area contributed by atoms with Gasteiger partial charge < -0.3 is 15.2 Å². The zero-order valence-electron chi connectivity index (χ0n) is 10.5. The maximum absolute atomic E-state index is 12.0. The Morgan fingerprint density at radius 3 is 3.00 bits per heavy atom. The maximum atomic E-state index is 12.0. The van der Waals surface area contributed by atoms with E-state index in [0.717, 1.165) is 32.4 Å². The number of nitrogens with zero attached hydrogens (tertiary/aromatic N) is 2. The lowest BCUT2D eigenvalue weighted by molar-refractivity contribution is -0.123. The van der Waals surface area contributed by atoms with E-state index in [1.54, 1.807) is 6.92 Å². The largest absolute Gasteiger partial charge is 0.347 e. The standard InChI is InChI=1S/C12H18N4O2/c1-8-15-10(18-16-8)7-14-11(17)9-6-12(9)2-4-13-5-3-12/h9,13H,2-7H2,1H3,(H,14,17). The molecular formula is C12H18N4O2. The number of aryl methyl sites for hydroxylation is 1. The van der Waals surface area contributed by atoms with Crippen molar-refractivity contribution in [2.24, 2.45) is 11.3 Å². The topological polar surface area (TPSA) is 80.0 Å². The lowest BCUT2D eigenvalue weighted by atomic mass is 9.92. The average molecular weight is 250 g/mol. The van der Waals surface area contributed by atoms with E-state index < -0.39 is 0 Å². The van der Waals surface area contributed by atoms with Crippen molar-refractivity contribution in [2.75, 3.05) is 13.1 Å². The molecule has 2 fully saturated rings. The third-order valence-corrected chi connectivity index (χ3v) is 4.09. The number of rotatable bonds is 3. The first-order chi connectivity index (χ1) is 8.70. The monoisotopic (exact) mass is 250 g/mol. The Hall–Kier alpha value is -1.43. The number of amides is 1. The predicted octanol–water partition coefficient (Wildman–Crippen LogP) is 0.384. The lowest BCUT2D eigenvalue weighted by Gasteiger charge is -2.23. The summed E-state index contributed by atoms with van der Waals surface area (Å²) in [7, 11) is 0. The number of hydrogen-bond acceptors (Lipinski definition) is 5. The van der Waals surface area contributed by atoms with Crippen molar-refractivity contribution >= 4 is 5.91 Å². The van der Waals surface area contributed by atoms with Crippen LogP contribution in [-0.4, -0.2) is 29.1 Å². The SMILES string of the molecule is Cc1noc(CNC(=O)C2CC23CCNCC3)n1. The van der Waals surface area contributed by atoms with Crippen LogP contribution in [0.5, 0.6) is 0 Å². The zero-order valence-corrected chi connectivity index (χ0v) is 10.5. The van der Waals surface area contributed by atoms with Gasteiger partial charge in [-0.2, -0.15) is 4.98 Å². The summed E-state index contributed by atoms with van der Waals surface area (Å²) in [6.07, 6.45) is 3.26.